The van der Waals surface area contributed by atoms with Gasteiger partial charge in [0.05, 0.1) is 6.61 Å². The standard InChI is InChI=1S/C18H22N4O3S/c1-3-8-21-11-19-16-15(18(21)24)22(12-25-9-10-26-2)17(20-16)13-4-6-14(23)7-5-13/h4-7,11,23H,3,8-10,12H2,1-2H3. The Hall–Kier alpha value is -2.32. The summed E-state index contributed by atoms with van der Waals surface area (Å²) in [6.07, 6.45) is 4.40. The average Bonchev–Trinajstić information content (AvgIpc) is 3.01. The van der Waals surface area contributed by atoms with Gasteiger partial charge in [-0.3, -0.25) is 13.9 Å². The van der Waals surface area contributed by atoms with Crippen LogP contribution in [0.25, 0.3) is 22.6 Å². The predicted octanol–water partition coefficient (Wildman–Crippen LogP) is 2.71. The van der Waals surface area contributed by atoms with E-state index in [9.17, 15) is 9.90 Å². The Morgan fingerprint density at radius 2 is 2.04 bits per heavy atom. The highest BCUT2D eigenvalue weighted by Crippen LogP contribution is 2.24. The zero-order valence-electron chi connectivity index (χ0n) is 14.9. The van der Waals surface area contributed by atoms with Crippen molar-refractivity contribution in [1.29, 1.82) is 0 Å². The zero-order chi connectivity index (χ0) is 18.5. The molecule has 0 amide bonds. The first-order valence-electron chi connectivity index (χ1n) is 8.47. The number of phenols is 1. The van der Waals surface area contributed by atoms with E-state index >= 15 is 0 Å². The van der Waals surface area contributed by atoms with Gasteiger partial charge in [0.25, 0.3) is 5.56 Å². The van der Waals surface area contributed by atoms with Gasteiger partial charge < -0.3 is 9.84 Å². The van der Waals surface area contributed by atoms with Crippen molar-refractivity contribution >= 4 is 22.9 Å². The number of nitrogens with zero attached hydrogens (tertiary/aromatic N) is 4. The summed E-state index contributed by atoms with van der Waals surface area (Å²) in [4.78, 5) is 21.8. The van der Waals surface area contributed by atoms with Crippen LogP contribution in [-0.4, -0.2) is 42.8 Å². The van der Waals surface area contributed by atoms with E-state index < -0.39 is 0 Å². The molecule has 0 aliphatic rings. The molecule has 7 nitrogen and oxygen atoms in total. The second-order valence-corrected chi connectivity index (χ2v) is 6.84. The fourth-order valence-electron chi connectivity index (χ4n) is 2.71. The number of hydrogen-bond acceptors (Lipinski definition) is 6. The molecule has 0 spiro atoms. The SMILES string of the molecule is CCCn1cnc2nc(-c3ccc(O)cc3)n(COCCSC)c2c1=O. The maximum absolute atomic E-state index is 12.9. The largest absolute Gasteiger partial charge is 0.508 e. The highest BCUT2D eigenvalue weighted by Gasteiger charge is 2.18. The van der Waals surface area contributed by atoms with Gasteiger partial charge in [0.15, 0.2) is 11.2 Å². The number of hydrogen-bond donors (Lipinski definition) is 1. The van der Waals surface area contributed by atoms with Gasteiger partial charge in [-0.15, -0.1) is 0 Å². The van der Waals surface area contributed by atoms with Crippen LogP contribution in [0.5, 0.6) is 5.75 Å². The summed E-state index contributed by atoms with van der Waals surface area (Å²) in [5, 5.41) is 9.53. The first kappa shape index (κ1) is 18.5. The third-order valence-corrected chi connectivity index (χ3v) is 4.55. The second kappa shape index (κ2) is 8.37. The number of thioether (sulfide) groups is 1. The van der Waals surface area contributed by atoms with Gasteiger partial charge in [-0.25, -0.2) is 9.97 Å². The minimum atomic E-state index is -0.122. The molecule has 0 unspecified atom stereocenters. The van der Waals surface area contributed by atoms with Gasteiger partial charge in [0, 0.05) is 17.9 Å². The molecule has 2 heterocycles. The lowest BCUT2D eigenvalue weighted by Crippen LogP contribution is -2.23. The van der Waals surface area contributed by atoms with Crippen molar-refractivity contribution in [2.24, 2.45) is 0 Å². The van der Waals surface area contributed by atoms with Crippen LogP contribution in [-0.2, 0) is 18.0 Å². The van der Waals surface area contributed by atoms with Crippen LogP contribution in [0.1, 0.15) is 13.3 Å². The van der Waals surface area contributed by atoms with Gasteiger partial charge >= 0.3 is 0 Å². The van der Waals surface area contributed by atoms with Crippen molar-refractivity contribution in [3.8, 4) is 17.1 Å². The number of aromatic hydroxyl groups is 1. The Morgan fingerprint density at radius 3 is 2.73 bits per heavy atom. The summed E-state index contributed by atoms with van der Waals surface area (Å²) < 4.78 is 9.11. The molecule has 1 aromatic carbocycles. The van der Waals surface area contributed by atoms with Gasteiger partial charge in [-0.1, -0.05) is 6.92 Å². The van der Waals surface area contributed by atoms with Crippen LogP contribution >= 0.6 is 11.8 Å². The summed E-state index contributed by atoms with van der Waals surface area (Å²) in [5.41, 5.74) is 1.51. The molecule has 26 heavy (non-hydrogen) atoms. The predicted molar refractivity (Wildman–Crippen MR) is 104 cm³/mol. The third-order valence-electron chi connectivity index (χ3n) is 3.97. The monoisotopic (exact) mass is 374 g/mol. The molecule has 0 saturated heterocycles. The van der Waals surface area contributed by atoms with Gasteiger partial charge in [0.2, 0.25) is 0 Å². The first-order valence-corrected chi connectivity index (χ1v) is 9.86. The number of imidazole rings is 1. The minimum Gasteiger partial charge on any atom is -0.508 e. The van der Waals surface area contributed by atoms with Crippen LogP contribution in [0.15, 0.2) is 35.4 Å². The fourth-order valence-corrected chi connectivity index (χ4v) is 2.99. The van der Waals surface area contributed by atoms with E-state index in [1.165, 1.54) is 0 Å². The zero-order valence-corrected chi connectivity index (χ0v) is 15.7. The molecule has 0 saturated carbocycles. The van der Waals surface area contributed by atoms with E-state index in [2.05, 4.69) is 9.97 Å². The number of aromatic nitrogens is 4. The lowest BCUT2D eigenvalue weighted by molar-refractivity contribution is 0.0936. The second-order valence-electron chi connectivity index (χ2n) is 5.86. The molecule has 3 aromatic rings. The summed E-state index contributed by atoms with van der Waals surface area (Å²) in [5.74, 6) is 1.65. The first-order chi connectivity index (χ1) is 12.7. The molecule has 3 rings (SSSR count). The van der Waals surface area contributed by atoms with Crippen LogP contribution < -0.4 is 5.56 Å². The topological polar surface area (TPSA) is 82.2 Å². The van der Waals surface area contributed by atoms with Crippen LogP contribution in [0, 0.1) is 0 Å². The van der Waals surface area contributed by atoms with Crippen molar-refractivity contribution in [3.05, 3.63) is 40.9 Å². The maximum atomic E-state index is 12.9. The van der Waals surface area contributed by atoms with E-state index in [0.29, 0.717) is 30.1 Å². The number of fused-ring (bicyclic) bond motifs is 1. The van der Waals surface area contributed by atoms with E-state index in [-0.39, 0.29) is 18.0 Å². The lowest BCUT2D eigenvalue weighted by Gasteiger charge is -2.10. The Balaban J connectivity index is 2.11. The van der Waals surface area contributed by atoms with E-state index in [1.807, 2.05) is 13.2 Å². The molecule has 2 aromatic heterocycles. The summed E-state index contributed by atoms with van der Waals surface area (Å²) in [6, 6.07) is 6.71. The minimum absolute atomic E-state index is 0.122. The number of phenolic OH excluding ortho intramolecular Hbond substituents is 1. The Kier molecular flexibility index (Phi) is 5.95. The van der Waals surface area contributed by atoms with Gasteiger partial charge in [-0.05, 0) is 36.9 Å². The molecule has 0 aliphatic carbocycles. The van der Waals surface area contributed by atoms with Crippen LogP contribution in [0.4, 0.5) is 0 Å². The molecule has 0 aliphatic heterocycles. The Bertz CT molecular complexity index is 934. The highest BCUT2D eigenvalue weighted by atomic mass is 32.2. The number of rotatable bonds is 8. The Labute approximate surface area is 155 Å². The van der Waals surface area contributed by atoms with E-state index in [0.717, 1.165) is 17.7 Å². The molecule has 138 valence electrons. The third kappa shape index (κ3) is 3.76. The summed E-state index contributed by atoms with van der Waals surface area (Å²) >= 11 is 1.70. The molecule has 0 bridgehead atoms. The van der Waals surface area contributed by atoms with E-state index in [1.54, 1.807) is 51.5 Å². The Morgan fingerprint density at radius 1 is 1.27 bits per heavy atom. The quantitative estimate of drug-likeness (QED) is 0.611. The fraction of sp³-hybridized carbons (Fsp3) is 0.389. The van der Waals surface area contributed by atoms with Gasteiger partial charge in [-0.2, -0.15) is 11.8 Å². The molecule has 0 fully saturated rings. The summed E-state index contributed by atoms with van der Waals surface area (Å²) in [6.45, 7) is 3.43. The van der Waals surface area contributed by atoms with Gasteiger partial charge in [0.1, 0.15) is 24.6 Å². The molecule has 8 heteroatoms. The van der Waals surface area contributed by atoms with E-state index in [4.69, 9.17) is 4.74 Å². The van der Waals surface area contributed by atoms with Crippen molar-refractivity contribution in [2.45, 2.75) is 26.6 Å². The number of benzene rings is 1. The van der Waals surface area contributed by atoms with Crippen LogP contribution in [0.2, 0.25) is 0 Å². The molecular weight excluding hydrogens is 352 g/mol. The molecule has 0 atom stereocenters. The number of aryl methyl sites for hydroxylation is 1. The molecule has 0 radical (unpaired) electrons. The molecule has 1 N–H and O–H groups in total. The van der Waals surface area contributed by atoms with Crippen molar-refractivity contribution in [1.82, 2.24) is 19.1 Å². The molecular formula is C18H22N4O3S. The van der Waals surface area contributed by atoms with Crippen molar-refractivity contribution in [3.63, 3.8) is 0 Å². The summed E-state index contributed by atoms with van der Waals surface area (Å²) in [7, 11) is 0. The normalized spacial score (nSPS) is 11.3. The van der Waals surface area contributed by atoms with Crippen molar-refractivity contribution < 1.29 is 9.84 Å². The highest BCUT2D eigenvalue weighted by molar-refractivity contribution is 7.98. The average molecular weight is 374 g/mol. The van der Waals surface area contributed by atoms with Crippen LogP contribution in [0.3, 0.4) is 0 Å². The maximum Gasteiger partial charge on any atom is 0.279 e. The smallest absolute Gasteiger partial charge is 0.279 e. The lowest BCUT2D eigenvalue weighted by atomic mass is 10.2. The van der Waals surface area contributed by atoms with Crippen molar-refractivity contribution in [2.75, 3.05) is 18.6 Å². The number of ether oxygens (including phenoxy) is 1.